The summed E-state index contributed by atoms with van der Waals surface area (Å²) in [5.74, 6) is 0. The van der Waals surface area contributed by atoms with Crippen LogP contribution >= 0.6 is 0 Å². The molecule has 23 heavy (non-hydrogen) atoms. The van der Waals surface area contributed by atoms with Crippen molar-refractivity contribution >= 4 is 11.7 Å². The molecule has 1 N–H and O–H groups in total. The van der Waals surface area contributed by atoms with Gasteiger partial charge in [0.25, 0.3) is 0 Å². The number of aryl methyl sites for hydroxylation is 2. The van der Waals surface area contributed by atoms with Gasteiger partial charge in [0.2, 0.25) is 0 Å². The molecule has 1 atom stereocenters. The van der Waals surface area contributed by atoms with Gasteiger partial charge < -0.3 is 19.9 Å². The van der Waals surface area contributed by atoms with Crippen molar-refractivity contribution in [1.29, 1.82) is 0 Å². The minimum Gasteiger partial charge on any atom is -0.376 e. The third-order valence-electron chi connectivity index (χ3n) is 4.83. The van der Waals surface area contributed by atoms with Gasteiger partial charge in [-0.25, -0.2) is 4.79 Å². The number of amides is 2. The number of piperazine rings is 1. The Bertz CT molecular complexity index is 527. The number of rotatable bonds is 3. The van der Waals surface area contributed by atoms with Gasteiger partial charge in [-0.3, -0.25) is 0 Å². The number of ether oxygens (including phenoxy) is 1. The largest absolute Gasteiger partial charge is 0.376 e. The predicted molar refractivity (Wildman–Crippen MR) is 92.1 cm³/mol. The van der Waals surface area contributed by atoms with Crippen molar-refractivity contribution in [3.05, 3.63) is 29.3 Å². The second-order valence-corrected chi connectivity index (χ2v) is 6.54. The van der Waals surface area contributed by atoms with Gasteiger partial charge in [-0.15, -0.1) is 0 Å². The van der Waals surface area contributed by atoms with Crippen LogP contribution in [0.15, 0.2) is 18.2 Å². The van der Waals surface area contributed by atoms with E-state index in [2.05, 4.69) is 42.3 Å². The van der Waals surface area contributed by atoms with Gasteiger partial charge in [-0.1, -0.05) is 18.2 Å². The number of nitrogens with zero attached hydrogens (tertiary/aromatic N) is 2. The van der Waals surface area contributed by atoms with Crippen molar-refractivity contribution in [2.75, 3.05) is 44.2 Å². The normalized spacial score (nSPS) is 21.6. The summed E-state index contributed by atoms with van der Waals surface area (Å²) in [7, 11) is 0. The van der Waals surface area contributed by atoms with E-state index in [1.165, 1.54) is 16.8 Å². The summed E-state index contributed by atoms with van der Waals surface area (Å²) in [5.41, 5.74) is 3.94. The lowest BCUT2D eigenvalue weighted by Crippen LogP contribution is -2.52. The quantitative estimate of drug-likeness (QED) is 0.930. The highest BCUT2D eigenvalue weighted by Crippen LogP contribution is 2.25. The summed E-state index contributed by atoms with van der Waals surface area (Å²) in [6.45, 7) is 9.09. The fourth-order valence-electron chi connectivity index (χ4n) is 3.56. The van der Waals surface area contributed by atoms with Crippen LogP contribution in [0.2, 0.25) is 0 Å². The van der Waals surface area contributed by atoms with E-state index in [0.717, 1.165) is 45.6 Å². The summed E-state index contributed by atoms with van der Waals surface area (Å²) in [4.78, 5) is 16.6. The highest BCUT2D eigenvalue weighted by Gasteiger charge is 2.24. The third kappa shape index (κ3) is 3.78. The smallest absolute Gasteiger partial charge is 0.317 e. The Kier molecular flexibility index (Phi) is 5.06. The Morgan fingerprint density at radius 3 is 2.52 bits per heavy atom. The fourth-order valence-corrected chi connectivity index (χ4v) is 3.56. The van der Waals surface area contributed by atoms with Crippen LogP contribution in [0.25, 0.3) is 0 Å². The standard InChI is InChI=1S/C18H27N3O2/c1-14-5-3-6-15(2)17(14)20-8-10-21(11-9-20)18(22)19-13-16-7-4-12-23-16/h3,5-6,16H,4,7-13H2,1-2H3,(H,19,22). The molecule has 2 aliphatic heterocycles. The maximum atomic E-state index is 12.3. The van der Waals surface area contributed by atoms with Crippen LogP contribution in [-0.4, -0.2) is 56.4 Å². The first-order valence-electron chi connectivity index (χ1n) is 8.60. The van der Waals surface area contributed by atoms with E-state index >= 15 is 0 Å². The number of nitrogens with one attached hydrogen (secondary N) is 1. The summed E-state index contributed by atoms with van der Waals surface area (Å²) in [6.07, 6.45) is 2.37. The first kappa shape index (κ1) is 16.1. The number of anilines is 1. The molecule has 0 aliphatic carbocycles. The van der Waals surface area contributed by atoms with Gasteiger partial charge in [0.05, 0.1) is 6.10 Å². The van der Waals surface area contributed by atoms with Crippen molar-refractivity contribution in [1.82, 2.24) is 10.2 Å². The number of hydrogen-bond acceptors (Lipinski definition) is 3. The fraction of sp³-hybridized carbons (Fsp3) is 0.611. The monoisotopic (exact) mass is 317 g/mol. The van der Waals surface area contributed by atoms with Crippen molar-refractivity contribution in [3.63, 3.8) is 0 Å². The lowest BCUT2D eigenvalue weighted by Gasteiger charge is -2.37. The van der Waals surface area contributed by atoms with E-state index in [-0.39, 0.29) is 12.1 Å². The molecule has 1 unspecified atom stereocenters. The number of carbonyl (C=O) groups excluding carboxylic acids is 1. The Morgan fingerprint density at radius 2 is 1.91 bits per heavy atom. The Hall–Kier alpha value is -1.75. The zero-order valence-electron chi connectivity index (χ0n) is 14.2. The highest BCUT2D eigenvalue weighted by atomic mass is 16.5. The molecule has 126 valence electrons. The van der Waals surface area contributed by atoms with Crippen LogP contribution in [0.4, 0.5) is 10.5 Å². The molecule has 5 nitrogen and oxygen atoms in total. The molecule has 0 aromatic heterocycles. The minimum atomic E-state index is 0.0432. The molecule has 1 aromatic rings. The first-order valence-corrected chi connectivity index (χ1v) is 8.60. The molecular formula is C18H27N3O2. The predicted octanol–water partition coefficient (Wildman–Crippen LogP) is 2.31. The molecule has 2 heterocycles. The van der Waals surface area contributed by atoms with Crippen LogP contribution < -0.4 is 10.2 Å². The third-order valence-corrected chi connectivity index (χ3v) is 4.83. The van der Waals surface area contributed by atoms with Crippen LogP contribution in [0.3, 0.4) is 0 Å². The van der Waals surface area contributed by atoms with Crippen LogP contribution in [0.5, 0.6) is 0 Å². The average molecular weight is 317 g/mol. The second-order valence-electron chi connectivity index (χ2n) is 6.54. The van der Waals surface area contributed by atoms with Crippen molar-refractivity contribution in [3.8, 4) is 0 Å². The summed E-state index contributed by atoms with van der Waals surface area (Å²) in [5, 5.41) is 3.02. The van der Waals surface area contributed by atoms with E-state index < -0.39 is 0 Å². The van der Waals surface area contributed by atoms with Gasteiger partial charge >= 0.3 is 6.03 Å². The summed E-state index contributed by atoms with van der Waals surface area (Å²) in [6, 6.07) is 6.45. The zero-order valence-corrected chi connectivity index (χ0v) is 14.2. The number of para-hydroxylation sites is 1. The van der Waals surface area contributed by atoms with E-state index in [1.54, 1.807) is 0 Å². The highest BCUT2D eigenvalue weighted by molar-refractivity contribution is 5.74. The first-order chi connectivity index (χ1) is 11.1. The van der Waals surface area contributed by atoms with E-state index in [9.17, 15) is 4.79 Å². The molecule has 3 rings (SSSR count). The maximum Gasteiger partial charge on any atom is 0.317 e. The molecule has 0 radical (unpaired) electrons. The van der Waals surface area contributed by atoms with Gasteiger partial charge in [0.15, 0.2) is 0 Å². The summed E-state index contributed by atoms with van der Waals surface area (Å²) >= 11 is 0. The number of benzene rings is 1. The van der Waals surface area contributed by atoms with Crippen molar-refractivity contribution in [2.45, 2.75) is 32.8 Å². The molecule has 2 amide bonds. The van der Waals surface area contributed by atoms with Gasteiger partial charge in [-0.2, -0.15) is 0 Å². The van der Waals surface area contributed by atoms with Crippen molar-refractivity contribution in [2.24, 2.45) is 0 Å². The number of urea groups is 1. The topological polar surface area (TPSA) is 44.8 Å². The van der Waals surface area contributed by atoms with Gasteiger partial charge in [-0.05, 0) is 37.8 Å². The average Bonchev–Trinajstić information content (AvgIpc) is 3.06. The molecule has 2 saturated heterocycles. The van der Waals surface area contributed by atoms with E-state index in [1.807, 2.05) is 4.90 Å². The Morgan fingerprint density at radius 1 is 1.22 bits per heavy atom. The van der Waals surface area contributed by atoms with Gasteiger partial charge in [0.1, 0.15) is 0 Å². The lowest BCUT2D eigenvalue weighted by atomic mass is 10.1. The number of hydrogen-bond donors (Lipinski definition) is 1. The van der Waals surface area contributed by atoms with E-state index in [4.69, 9.17) is 4.74 Å². The zero-order chi connectivity index (χ0) is 16.2. The van der Waals surface area contributed by atoms with Gasteiger partial charge in [0, 0.05) is 45.0 Å². The molecule has 5 heteroatoms. The lowest BCUT2D eigenvalue weighted by molar-refractivity contribution is 0.108. The molecule has 2 aliphatic rings. The SMILES string of the molecule is Cc1cccc(C)c1N1CCN(C(=O)NCC2CCCO2)CC1. The van der Waals surface area contributed by atoms with Crippen LogP contribution in [0, 0.1) is 13.8 Å². The van der Waals surface area contributed by atoms with Crippen molar-refractivity contribution < 1.29 is 9.53 Å². The maximum absolute atomic E-state index is 12.3. The number of carbonyl (C=O) groups is 1. The molecule has 0 spiro atoms. The van der Waals surface area contributed by atoms with Crippen LogP contribution in [0.1, 0.15) is 24.0 Å². The minimum absolute atomic E-state index is 0.0432. The second kappa shape index (κ2) is 7.21. The van der Waals surface area contributed by atoms with Crippen LogP contribution in [-0.2, 0) is 4.74 Å². The molecule has 0 bridgehead atoms. The Labute approximate surface area is 138 Å². The molecular weight excluding hydrogens is 290 g/mol. The summed E-state index contributed by atoms with van der Waals surface area (Å²) < 4.78 is 5.55. The van der Waals surface area contributed by atoms with E-state index in [0.29, 0.717) is 6.54 Å². The molecule has 2 fully saturated rings. The Balaban J connectivity index is 1.50. The molecule has 0 saturated carbocycles. The molecule has 1 aromatic carbocycles.